The van der Waals surface area contributed by atoms with Gasteiger partial charge in [-0.2, -0.15) is 0 Å². The zero-order valence-electron chi connectivity index (χ0n) is 8.23. The molecular formula is C11H9NO4. The predicted octanol–water partition coefficient (Wildman–Crippen LogP) is 0.793. The smallest absolute Gasteiger partial charge is 0.339 e. The summed E-state index contributed by atoms with van der Waals surface area (Å²) in [6.07, 6.45) is -0.339. The first-order valence-corrected chi connectivity index (χ1v) is 4.35. The zero-order chi connectivity index (χ0) is 12.1. The van der Waals surface area contributed by atoms with E-state index in [2.05, 4.69) is 11.8 Å². The van der Waals surface area contributed by atoms with E-state index < -0.39 is 11.9 Å². The minimum absolute atomic E-state index is 0.0969. The minimum atomic E-state index is -1.18. The molecule has 0 amide bonds. The third-order valence-corrected chi connectivity index (χ3v) is 1.77. The van der Waals surface area contributed by atoms with E-state index >= 15 is 0 Å². The molecule has 0 radical (unpaired) electrons. The number of anilines is 1. The van der Waals surface area contributed by atoms with Crippen LogP contribution in [0.25, 0.3) is 0 Å². The standard InChI is InChI=1S/C11H9NO4/c12-8-5-1-3-7(10(8)11(15)16)4-2-6-9(13)14/h1,3,5H,6,12H2,(H,13,14)(H,15,16). The van der Waals surface area contributed by atoms with Crippen molar-refractivity contribution in [2.45, 2.75) is 6.42 Å². The van der Waals surface area contributed by atoms with Crippen molar-refractivity contribution in [3.05, 3.63) is 29.3 Å². The summed E-state index contributed by atoms with van der Waals surface area (Å²) < 4.78 is 0. The van der Waals surface area contributed by atoms with Crippen molar-refractivity contribution in [3.8, 4) is 11.8 Å². The topological polar surface area (TPSA) is 101 Å². The van der Waals surface area contributed by atoms with Crippen molar-refractivity contribution in [3.63, 3.8) is 0 Å². The molecule has 0 unspecified atom stereocenters. The Balaban J connectivity index is 3.12. The van der Waals surface area contributed by atoms with E-state index in [1.165, 1.54) is 12.1 Å². The Hall–Kier alpha value is -2.48. The van der Waals surface area contributed by atoms with E-state index in [-0.39, 0.29) is 23.2 Å². The normalized spacial score (nSPS) is 9.00. The summed E-state index contributed by atoms with van der Waals surface area (Å²) in [5, 5.41) is 17.3. The van der Waals surface area contributed by atoms with Gasteiger partial charge in [0.15, 0.2) is 0 Å². The van der Waals surface area contributed by atoms with Crippen LogP contribution in [0.1, 0.15) is 22.3 Å². The van der Waals surface area contributed by atoms with Crippen LogP contribution >= 0.6 is 0 Å². The summed E-state index contributed by atoms with van der Waals surface area (Å²) in [6, 6.07) is 4.49. The van der Waals surface area contributed by atoms with E-state index in [4.69, 9.17) is 15.9 Å². The van der Waals surface area contributed by atoms with Crippen LogP contribution < -0.4 is 5.73 Å². The molecule has 0 saturated heterocycles. The van der Waals surface area contributed by atoms with Crippen molar-refractivity contribution < 1.29 is 19.8 Å². The van der Waals surface area contributed by atoms with Crippen LogP contribution in [0.5, 0.6) is 0 Å². The molecule has 1 rings (SSSR count). The van der Waals surface area contributed by atoms with E-state index in [1.807, 2.05) is 0 Å². The largest absolute Gasteiger partial charge is 0.481 e. The van der Waals surface area contributed by atoms with E-state index in [0.29, 0.717) is 0 Å². The SMILES string of the molecule is Nc1cccc(C#CCC(=O)O)c1C(=O)O. The lowest BCUT2D eigenvalue weighted by molar-refractivity contribution is -0.135. The molecule has 0 fully saturated rings. The minimum Gasteiger partial charge on any atom is -0.481 e. The monoisotopic (exact) mass is 219 g/mol. The van der Waals surface area contributed by atoms with Crippen LogP contribution in [-0.4, -0.2) is 22.2 Å². The Kier molecular flexibility index (Phi) is 3.51. The average Bonchev–Trinajstić information content (AvgIpc) is 2.16. The quantitative estimate of drug-likeness (QED) is 0.504. The van der Waals surface area contributed by atoms with Gasteiger partial charge in [0.2, 0.25) is 0 Å². The lowest BCUT2D eigenvalue weighted by atomic mass is 10.1. The van der Waals surface area contributed by atoms with Crippen LogP contribution in [0.2, 0.25) is 0 Å². The fourth-order valence-corrected chi connectivity index (χ4v) is 1.13. The van der Waals surface area contributed by atoms with Crippen LogP contribution in [0.3, 0.4) is 0 Å². The third-order valence-electron chi connectivity index (χ3n) is 1.77. The second-order valence-corrected chi connectivity index (χ2v) is 2.95. The highest BCUT2D eigenvalue weighted by atomic mass is 16.4. The first-order chi connectivity index (χ1) is 7.52. The van der Waals surface area contributed by atoms with Crippen LogP contribution in [0.15, 0.2) is 18.2 Å². The maximum absolute atomic E-state index is 10.9. The van der Waals surface area contributed by atoms with Crippen LogP contribution in [0, 0.1) is 11.8 Å². The van der Waals surface area contributed by atoms with E-state index in [9.17, 15) is 9.59 Å². The summed E-state index contributed by atoms with van der Waals surface area (Å²) in [7, 11) is 0. The molecular weight excluding hydrogens is 210 g/mol. The fourth-order valence-electron chi connectivity index (χ4n) is 1.13. The second kappa shape index (κ2) is 4.84. The summed E-state index contributed by atoms with van der Waals surface area (Å²) in [5.41, 5.74) is 5.71. The number of carboxylic acids is 2. The van der Waals surface area contributed by atoms with Crippen LogP contribution in [0.4, 0.5) is 5.69 Å². The maximum atomic E-state index is 10.9. The van der Waals surface area contributed by atoms with E-state index in [0.717, 1.165) is 0 Å². The van der Waals surface area contributed by atoms with Crippen molar-refractivity contribution in [2.24, 2.45) is 0 Å². The average molecular weight is 219 g/mol. The van der Waals surface area contributed by atoms with Crippen LogP contribution in [-0.2, 0) is 4.79 Å². The summed E-state index contributed by atoms with van der Waals surface area (Å²) in [6.45, 7) is 0. The van der Waals surface area contributed by atoms with Gasteiger partial charge in [-0.1, -0.05) is 17.9 Å². The maximum Gasteiger partial charge on any atom is 0.339 e. The molecule has 0 aliphatic rings. The number of hydrogen-bond donors (Lipinski definition) is 3. The number of carbonyl (C=O) groups is 2. The first kappa shape index (κ1) is 11.6. The van der Waals surface area contributed by atoms with Crippen molar-refractivity contribution in [2.75, 3.05) is 5.73 Å². The Labute approximate surface area is 91.5 Å². The van der Waals surface area contributed by atoms with Gasteiger partial charge >= 0.3 is 11.9 Å². The zero-order valence-corrected chi connectivity index (χ0v) is 8.23. The molecule has 5 heteroatoms. The van der Waals surface area contributed by atoms with Gasteiger partial charge in [-0.25, -0.2) is 4.79 Å². The number of hydrogen-bond acceptors (Lipinski definition) is 3. The molecule has 1 aromatic carbocycles. The predicted molar refractivity (Wildman–Crippen MR) is 56.9 cm³/mol. The molecule has 0 aliphatic carbocycles. The lowest BCUT2D eigenvalue weighted by Crippen LogP contribution is -2.05. The summed E-state index contributed by atoms with van der Waals surface area (Å²) in [5.74, 6) is 2.59. The van der Waals surface area contributed by atoms with Crippen molar-refractivity contribution in [1.82, 2.24) is 0 Å². The Morgan fingerprint density at radius 1 is 1.31 bits per heavy atom. The second-order valence-electron chi connectivity index (χ2n) is 2.95. The number of aliphatic carboxylic acids is 1. The molecule has 1 aromatic rings. The Morgan fingerprint density at radius 3 is 2.56 bits per heavy atom. The molecule has 4 N–H and O–H groups in total. The van der Waals surface area contributed by atoms with Gasteiger partial charge in [-0.15, -0.1) is 0 Å². The van der Waals surface area contributed by atoms with Gasteiger partial charge in [0, 0.05) is 11.3 Å². The molecule has 0 aromatic heterocycles. The molecule has 16 heavy (non-hydrogen) atoms. The molecule has 0 spiro atoms. The van der Waals surface area contributed by atoms with Gasteiger partial charge in [0.25, 0.3) is 0 Å². The number of benzene rings is 1. The molecule has 82 valence electrons. The molecule has 0 atom stereocenters. The summed E-state index contributed by atoms with van der Waals surface area (Å²) >= 11 is 0. The highest BCUT2D eigenvalue weighted by Crippen LogP contribution is 2.15. The molecule has 0 saturated carbocycles. The molecule has 0 heterocycles. The lowest BCUT2D eigenvalue weighted by Gasteiger charge is -2.02. The number of rotatable bonds is 2. The van der Waals surface area contributed by atoms with Gasteiger partial charge < -0.3 is 15.9 Å². The van der Waals surface area contributed by atoms with Crippen molar-refractivity contribution >= 4 is 17.6 Å². The molecule has 5 nitrogen and oxygen atoms in total. The Bertz CT molecular complexity index is 496. The molecule has 0 aliphatic heterocycles. The van der Waals surface area contributed by atoms with Gasteiger partial charge in [-0.05, 0) is 12.1 Å². The highest BCUT2D eigenvalue weighted by molar-refractivity contribution is 5.96. The summed E-state index contributed by atoms with van der Waals surface area (Å²) in [4.78, 5) is 21.1. The molecule has 0 bridgehead atoms. The van der Waals surface area contributed by atoms with Gasteiger partial charge in [0.05, 0.1) is 5.56 Å². The van der Waals surface area contributed by atoms with Gasteiger partial charge in [-0.3, -0.25) is 4.79 Å². The van der Waals surface area contributed by atoms with Gasteiger partial charge in [0.1, 0.15) is 6.42 Å². The number of carboxylic acid groups (broad SMARTS) is 2. The number of nitrogen functional groups attached to an aromatic ring is 1. The fraction of sp³-hybridized carbons (Fsp3) is 0.0909. The number of nitrogens with two attached hydrogens (primary N) is 1. The van der Waals surface area contributed by atoms with E-state index in [1.54, 1.807) is 6.07 Å². The Morgan fingerprint density at radius 2 is 2.00 bits per heavy atom. The third kappa shape index (κ3) is 2.75. The van der Waals surface area contributed by atoms with Crippen molar-refractivity contribution in [1.29, 1.82) is 0 Å². The first-order valence-electron chi connectivity index (χ1n) is 4.35. The highest BCUT2D eigenvalue weighted by Gasteiger charge is 2.11. The number of aromatic carboxylic acids is 1.